The predicted octanol–water partition coefficient (Wildman–Crippen LogP) is 4.15. The molecule has 3 N–H and O–H groups in total. The summed E-state index contributed by atoms with van der Waals surface area (Å²) in [7, 11) is 0. The smallest absolute Gasteiger partial charge is 0.269 e. The number of nitrogens with two attached hydrogens (primary N) is 1. The van der Waals surface area contributed by atoms with Crippen LogP contribution in [0.4, 0.5) is 10.8 Å². The van der Waals surface area contributed by atoms with Gasteiger partial charge in [-0.1, -0.05) is 17.7 Å². The highest BCUT2D eigenvalue weighted by molar-refractivity contribution is 7.22. The predicted molar refractivity (Wildman–Crippen MR) is 86.1 cm³/mol. The third kappa shape index (κ3) is 2.26. The number of nitrogens with one attached hydrogen (secondary N) is 1. The number of nitrogens with zero attached hydrogens (tertiary/aromatic N) is 1. The van der Waals surface area contributed by atoms with Crippen LogP contribution in [0.25, 0.3) is 10.1 Å². The summed E-state index contributed by atoms with van der Waals surface area (Å²) >= 11 is 8.88. The maximum absolute atomic E-state index is 12.3. The summed E-state index contributed by atoms with van der Waals surface area (Å²) < 4.78 is 0.899. The highest BCUT2D eigenvalue weighted by Gasteiger charge is 2.18. The largest absolute Gasteiger partial charge is 0.397 e. The summed E-state index contributed by atoms with van der Waals surface area (Å²) in [6, 6.07) is 5.50. The van der Waals surface area contributed by atoms with E-state index >= 15 is 0 Å². The number of carbonyl (C=O) groups excluding carboxylic acids is 1. The number of thiophene rings is 1. The average molecular weight is 324 g/mol. The topological polar surface area (TPSA) is 68.0 Å². The van der Waals surface area contributed by atoms with Crippen molar-refractivity contribution >= 4 is 61.1 Å². The highest BCUT2D eigenvalue weighted by atomic mass is 35.5. The molecule has 3 aromatic rings. The fraction of sp³-hybridized carbons (Fsp3) is 0.0769. The number of halogens is 1. The maximum atomic E-state index is 12.3. The molecule has 0 saturated carbocycles. The Labute approximate surface area is 128 Å². The van der Waals surface area contributed by atoms with Crippen LogP contribution in [0.1, 0.15) is 14.5 Å². The van der Waals surface area contributed by atoms with Gasteiger partial charge in [-0.05, 0) is 19.1 Å². The van der Waals surface area contributed by atoms with Crippen LogP contribution in [0.15, 0.2) is 24.4 Å². The molecule has 7 heteroatoms. The monoisotopic (exact) mass is 323 g/mol. The van der Waals surface area contributed by atoms with Gasteiger partial charge in [0, 0.05) is 21.2 Å². The van der Waals surface area contributed by atoms with Crippen molar-refractivity contribution < 1.29 is 4.79 Å². The molecule has 0 atom stereocenters. The van der Waals surface area contributed by atoms with Gasteiger partial charge in [0.25, 0.3) is 5.91 Å². The van der Waals surface area contributed by atoms with Crippen molar-refractivity contribution in [1.82, 2.24) is 4.98 Å². The van der Waals surface area contributed by atoms with E-state index in [9.17, 15) is 4.79 Å². The van der Waals surface area contributed by atoms with Gasteiger partial charge in [-0.15, -0.1) is 22.7 Å². The van der Waals surface area contributed by atoms with E-state index in [1.165, 1.54) is 22.7 Å². The second-order valence-electron chi connectivity index (χ2n) is 4.19. The number of rotatable bonds is 2. The van der Waals surface area contributed by atoms with Gasteiger partial charge in [0.2, 0.25) is 0 Å². The van der Waals surface area contributed by atoms with Crippen LogP contribution in [0.3, 0.4) is 0 Å². The van der Waals surface area contributed by atoms with Crippen LogP contribution < -0.4 is 11.1 Å². The van der Waals surface area contributed by atoms with Crippen molar-refractivity contribution in [3.8, 4) is 0 Å². The lowest BCUT2D eigenvalue weighted by Gasteiger charge is -2.00. The molecule has 1 aromatic carbocycles. The van der Waals surface area contributed by atoms with E-state index in [0.717, 1.165) is 15.0 Å². The van der Waals surface area contributed by atoms with Gasteiger partial charge in [-0.2, -0.15) is 0 Å². The summed E-state index contributed by atoms with van der Waals surface area (Å²) in [5, 5.41) is 4.61. The van der Waals surface area contributed by atoms with Gasteiger partial charge >= 0.3 is 0 Å². The third-order valence-electron chi connectivity index (χ3n) is 2.75. The number of hydrogen-bond donors (Lipinski definition) is 2. The molecule has 0 spiro atoms. The zero-order valence-electron chi connectivity index (χ0n) is 10.4. The van der Waals surface area contributed by atoms with Crippen molar-refractivity contribution in [3.05, 3.63) is 39.2 Å². The summed E-state index contributed by atoms with van der Waals surface area (Å²) in [5.74, 6) is -0.255. The van der Waals surface area contributed by atoms with Gasteiger partial charge in [0.15, 0.2) is 5.13 Å². The van der Waals surface area contributed by atoms with E-state index in [0.29, 0.717) is 20.7 Å². The molecule has 1 amide bonds. The third-order valence-corrected chi connectivity index (χ3v) is 5.06. The Kier molecular flexibility index (Phi) is 3.37. The Balaban J connectivity index is 1.99. The fourth-order valence-electron chi connectivity index (χ4n) is 1.86. The lowest BCUT2D eigenvalue weighted by molar-refractivity contribution is 0.103. The number of fused-ring (bicyclic) bond motifs is 1. The Morgan fingerprint density at radius 1 is 1.40 bits per heavy atom. The molecule has 0 aliphatic rings. The van der Waals surface area contributed by atoms with Crippen molar-refractivity contribution in [2.24, 2.45) is 0 Å². The fourth-order valence-corrected chi connectivity index (χ4v) is 3.90. The number of benzene rings is 1. The minimum Gasteiger partial charge on any atom is -0.397 e. The minimum absolute atomic E-state index is 0.255. The quantitative estimate of drug-likeness (QED) is 0.744. The van der Waals surface area contributed by atoms with Crippen LogP contribution in [-0.4, -0.2) is 10.9 Å². The van der Waals surface area contributed by atoms with E-state index in [2.05, 4.69) is 10.3 Å². The van der Waals surface area contributed by atoms with Crippen molar-refractivity contribution in [2.75, 3.05) is 11.1 Å². The SMILES string of the molecule is Cc1cnc(NC(=O)c2sc3cccc(Cl)c3c2N)s1. The van der Waals surface area contributed by atoms with Gasteiger partial charge in [0.1, 0.15) is 4.88 Å². The number of carbonyl (C=O) groups is 1. The standard InChI is InChI=1S/C13H10ClN3OS2/c1-6-5-16-13(19-6)17-12(18)11-10(15)9-7(14)3-2-4-8(9)20-11/h2-5H,15H2,1H3,(H,16,17,18). The molecule has 0 aliphatic heterocycles. The van der Waals surface area contributed by atoms with Crippen LogP contribution in [-0.2, 0) is 0 Å². The van der Waals surface area contributed by atoms with E-state index in [1.807, 2.05) is 19.1 Å². The zero-order valence-corrected chi connectivity index (χ0v) is 12.8. The molecule has 4 nitrogen and oxygen atoms in total. The zero-order chi connectivity index (χ0) is 14.3. The van der Waals surface area contributed by atoms with Gasteiger partial charge in [-0.25, -0.2) is 4.98 Å². The lowest BCUT2D eigenvalue weighted by atomic mass is 10.2. The number of aryl methyl sites for hydroxylation is 1. The summed E-state index contributed by atoms with van der Waals surface area (Å²) in [4.78, 5) is 17.9. The molecule has 2 aromatic heterocycles. The first-order valence-electron chi connectivity index (χ1n) is 5.76. The average Bonchev–Trinajstić information content (AvgIpc) is 2.95. The van der Waals surface area contributed by atoms with Crippen LogP contribution >= 0.6 is 34.3 Å². The lowest BCUT2D eigenvalue weighted by Crippen LogP contribution is -2.11. The number of anilines is 2. The number of nitrogen functional groups attached to an aromatic ring is 1. The molecule has 20 heavy (non-hydrogen) atoms. The number of amides is 1. The number of hydrogen-bond acceptors (Lipinski definition) is 5. The molecule has 0 saturated heterocycles. The molecule has 0 bridgehead atoms. The summed E-state index contributed by atoms with van der Waals surface area (Å²) in [6.45, 7) is 1.93. The normalized spacial score (nSPS) is 10.9. The van der Waals surface area contributed by atoms with E-state index in [-0.39, 0.29) is 5.91 Å². The Morgan fingerprint density at radius 3 is 2.85 bits per heavy atom. The Bertz CT molecular complexity index is 809. The van der Waals surface area contributed by atoms with Crippen molar-refractivity contribution in [2.45, 2.75) is 6.92 Å². The van der Waals surface area contributed by atoms with Crippen LogP contribution in [0.5, 0.6) is 0 Å². The van der Waals surface area contributed by atoms with E-state index in [1.54, 1.807) is 12.3 Å². The molecular weight excluding hydrogens is 314 g/mol. The Morgan fingerprint density at radius 2 is 2.20 bits per heavy atom. The molecule has 0 fully saturated rings. The van der Waals surface area contributed by atoms with Crippen LogP contribution in [0.2, 0.25) is 5.02 Å². The second-order valence-corrected chi connectivity index (χ2v) is 6.88. The summed E-state index contributed by atoms with van der Waals surface area (Å²) in [5.41, 5.74) is 6.47. The highest BCUT2D eigenvalue weighted by Crippen LogP contribution is 2.38. The second kappa shape index (κ2) is 5.05. The molecular formula is C13H10ClN3OS2. The minimum atomic E-state index is -0.255. The van der Waals surface area contributed by atoms with Gasteiger partial charge in [-0.3, -0.25) is 10.1 Å². The van der Waals surface area contributed by atoms with Gasteiger partial charge in [0.05, 0.1) is 10.7 Å². The van der Waals surface area contributed by atoms with Crippen molar-refractivity contribution in [3.63, 3.8) is 0 Å². The van der Waals surface area contributed by atoms with Crippen molar-refractivity contribution in [1.29, 1.82) is 0 Å². The molecule has 0 unspecified atom stereocenters. The molecule has 102 valence electrons. The van der Waals surface area contributed by atoms with Gasteiger partial charge < -0.3 is 5.73 Å². The first kappa shape index (κ1) is 13.4. The van der Waals surface area contributed by atoms with Crippen LogP contribution in [0, 0.1) is 6.92 Å². The molecule has 0 radical (unpaired) electrons. The maximum Gasteiger partial charge on any atom is 0.269 e. The number of aromatic nitrogens is 1. The molecule has 2 heterocycles. The Hall–Kier alpha value is -1.63. The number of thiazole rings is 1. The van der Waals surface area contributed by atoms with E-state index in [4.69, 9.17) is 17.3 Å². The molecule has 0 aliphatic carbocycles. The first-order chi connectivity index (χ1) is 9.56. The first-order valence-corrected chi connectivity index (χ1v) is 7.77. The molecule has 3 rings (SSSR count). The van der Waals surface area contributed by atoms with E-state index < -0.39 is 0 Å². The summed E-state index contributed by atoms with van der Waals surface area (Å²) in [6.07, 6.45) is 1.71.